The zero-order valence-electron chi connectivity index (χ0n) is 17.4. The van der Waals surface area contributed by atoms with Gasteiger partial charge in [0, 0.05) is 24.8 Å². The third-order valence-electron chi connectivity index (χ3n) is 5.20. The largest absolute Gasteiger partial charge is 0.459 e. The summed E-state index contributed by atoms with van der Waals surface area (Å²) in [5.74, 6) is -1.06. The SMILES string of the molecule is NC(=O)CC(C(=O)OCc1ccccc1)n1ccc(-c2ccc(-c3ccncc3)cc2)c1. The summed E-state index contributed by atoms with van der Waals surface area (Å²) in [6.07, 6.45) is 6.99. The number of carbonyl (C=O) groups excluding carboxylic acids is 2. The zero-order valence-corrected chi connectivity index (χ0v) is 17.4. The van der Waals surface area contributed by atoms with Crippen molar-refractivity contribution in [2.75, 3.05) is 0 Å². The number of hydrogen-bond donors (Lipinski definition) is 1. The Morgan fingerprint density at radius 3 is 2.12 bits per heavy atom. The minimum Gasteiger partial charge on any atom is -0.459 e. The van der Waals surface area contributed by atoms with E-state index in [9.17, 15) is 9.59 Å². The smallest absolute Gasteiger partial charge is 0.329 e. The summed E-state index contributed by atoms with van der Waals surface area (Å²) < 4.78 is 7.14. The van der Waals surface area contributed by atoms with E-state index in [-0.39, 0.29) is 13.0 Å². The van der Waals surface area contributed by atoms with E-state index >= 15 is 0 Å². The van der Waals surface area contributed by atoms with Crippen molar-refractivity contribution in [1.29, 1.82) is 0 Å². The summed E-state index contributed by atoms with van der Waals surface area (Å²) in [5.41, 5.74) is 10.4. The van der Waals surface area contributed by atoms with Gasteiger partial charge in [-0.2, -0.15) is 0 Å². The van der Waals surface area contributed by atoms with E-state index in [1.54, 1.807) is 23.2 Å². The molecule has 1 atom stereocenters. The van der Waals surface area contributed by atoms with Gasteiger partial charge >= 0.3 is 5.97 Å². The third kappa shape index (κ3) is 5.10. The second-order valence-corrected chi connectivity index (χ2v) is 7.44. The number of pyridine rings is 1. The molecule has 0 spiro atoms. The topological polar surface area (TPSA) is 87.2 Å². The second kappa shape index (κ2) is 9.75. The van der Waals surface area contributed by atoms with Crippen LogP contribution >= 0.6 is 0 Å². The lowest BCUT2D eigenvalue weighted by Crippen LogP contribution is -2.26. The van der Waals surface area contributed by atoms with E-state index in [0.717, 1.165) is 27.8 Å². The van der Waals surface area contributed by atoms with Gasteiger partial charge < -0.3 is 15.0 Å². The monoisotopic (exact) mass is 425 g/mol. The fraction of sp³-hybridized carbons (Fsp3) is 0.115. The van der Waals surface area contributed by atoms with Gasteiger partial charge in [0.2, 0.25) is 5.91 Å². The first-order valence-corrected chi connectivity index (χ1v) is 10.3. The number of amides is 1. The Morgan fingerprint density at radius 2 is 1.47 bits per heavy atom. The zero-order chi connectivity index (χ0) is 22.3. The fourth-order valence-electron chi connectivity index (χ4n) is 3.50. The van der Waals surface area contributed by atoms with E-state index in [1.807, 2.05) is 79.0 Å². The molecule has 0 aliphatic heterocycles. The molecule has 0 saturated heterocycles. The number of benzene rings is 2. The van der Waals surface area contributed by atoms with Gasteiger partial charge in [-0.15, -0.1) is 0 Å². The average Bonchev–Trinajstić information content (AvgIpc) is 3.32. The highest BCUT2D eigenvalue weighted by Crippen LogP contribution is 2.27. The van der Waals surface area contributed by atoms with Crippen molar-refractivity contribution >= 4 is 11.9 Å². The molecule has 0 aliphatic carbocycles. The predicted octanol–water partition coefficient (Wildman–Crippen LogP) is 4.38. The lowest BCUT2D eigenvalue weighted by atomic mass is 10.0. The Bertz CT molecular complexity index is 1190. The van der Waals surface area contributed by atoms with E-state index < -0.39 is 17.9 Å². The third-order valence-corrected chi connectivity index (χ3v) is 5.20. The van der Waals surface area contributed by atoms with Crippen LogP contribution < -0.4 is 5.73 Å². The van der Waals surface area contributed by atoms with E-state index in [1.165, 1.54) is 0 Å². The Balaban J connectivity index is 1.50. The van der Waals surface area contributed by atoms with Crippen molar-refractivity contribution in [2.45, 2.75) is 19.1 Å². The maximum absolute atomic E-state index is 12.7. The van der Waals surface area contributed by atoms with Gasteiger partial charge in [0.15, 0.2) is 0 Å². The molecule has 0 fully saturated rings. The van der Waals surface area contributed by atoms with Gasteiger partial charge in [-0.05, 0) is 46.0 Å². The number of primary amides is 1. The van der Waals surface area contributed by atoms with Crippen LogP contribution in [-0.2, 0) is 20.9 Å². The first-order chi connectivity index (χ1) is 15.6. The normalized spacial score (nSPS) is 11.6. The van der Waals surface area contributed by atoms with Crippen LogP contribution in [0.2, 0.25) is 0 Å². The number of nitrogens with zero attached hydrogens (tertiary/aromatic N) is 2. The highest BCUT2D eigenvalue weighted by atomic mass is 16.5. The molecule has 0 radical (unpaired) electrons. The van der Waals surface area contributed by atoms with E-state index in [0.29, 0.717) is 0 Å². The van der Waals surface area contributed by atoms with Crippen LogP contribution in [0, 0.1) is 0 Å². The molecule has 2 aromatic carbocycles. The summed E-state index contributed by atoms with van der Waals surface area (Å²) in [7, 11) is 0. The lowest BCUT2D eigenvalue weighted by molar-refractivity contribution is -0.150. The van der Waals surface area contributed by atoms with Gasteiger partial charge in [0.1, 0.15) is 12.6 Å². The molecule has 2 heterocycles. The van der Waals surface area contributed by atoms with Gasteiger partial charge in [0.25, 0.3) is 0 Å². The quantitative estimate of drug-likeness (QED) is 0.425. The van der Waals surface area contributed by atoms with Crippen molar-refractivity contribution in [3.05, 3.63) is 103 Å². The molecule has 0 bridgehead atoms. The van der Waals surface area contributed by atoms with Gasteiger partial charge in [-0.25, -0.2) is 4.79 Å². The average molecular weight is 425 g/mol. The van der Waals surface area contributed by atoms with Gasteiger partial charge in [0.05, 0.1) is 6.42 Å². The van der Waals surface area contributed by atoms with Crippen LogP contribution in [0.15, 0.2) is 97.6 Å². The molecule has 2 aromatic heterocycles. The molecule has 1 unspecified atom stereocenters. The number of rotatable bonds is 8. The summed E-state index contributed by atoms with van der Waals surface area (Å²) in [6.45, 7) is 0.138. The van der Waals surface area contributed by atoms with Crippen molar-refractivity contribution in [2.24, 2.45) is 5.73 Å². The first-order valence-electron chi connectivity index (χ1n) is 10.3. The Kier molecular flexibility index (Phi) is 6.41. The summed E-state index contributed by atoms with van der Waals surface area (Å²) in [4.78, 5) is 28.4. The maximum Gasteiger partial charge on any atom is 0.329 e. The molecule has 6 heteroatoms. The van der Waals surface area contributed by atoms with Crippen molar-refractivity contribution < 1.29 is 14.3 Å². The van der Waals surface area contributed by atoms with Crippen molar-refractivity contribution in [1.82, 2.24) is 9.55 Å². The standard InChI is InChI=1S/C26H23N3O3/c27-25(30)16-24(26(31)32-18-19-4-2-1-3-5-19)29-15-12-23(17-29)21-8-6-20(7-9-21)22-10-13-28-14-11-22/h1-15,17,24H,16,18H2,(H2,27,30). The Morgan fingerprint density at radius 1 is 0.844 bits per heavy atom. The minimum absolute atomic E-state index is 0.136. The molecule has 4 aromatic rings. The number of aromatic nitrogens is 2. The summed E-state index contributed by atoms with van der Waals surface area (Å²) in [5, 5.41) is 0. The molecule has 0 saturated carbocycles. The second-order valence-electron chi connectivity index (χ2n) is 7.44. The molecule has 32 heavy (non-hydrogen) atoms. The number of ether oxygens (including phenoxy) is 1. The number of carbonyl (C=O) groups is 2. The number of hydrogen-bond acceptors (Lipinski definition) is 4. The molecule has 1 amide bonds. The predicted molar refractivity (Wildman–Crippen MR) is 122 cm³/mol. The molecule has 6 nitrogen and oxygen atoms in total. The molecule has 4 rings (SSSR count). The summed E-state index contributed by atoms with van der Waals surface area (Å²) in [6, 6.07) is 22.5. The maximum atomic E-state index is 12.7. The number of esters is 1. The van der Waals surface area contributed by atoms with Crippen LogP contribution in [0.3, 0.4) is 0 Å². The lowest BCUT2D eigenvalue weighted by Gasteiger charge is -2.16. The van der Waals surface area contributed by atoms with Crippen LogP contribution in [-0.4, -0.2) is 21.4 Å². The van der Waals surface area contributed by atoms with Crippen LogP contribution in [0.4, 0.5) is 0 Å². The van der Waals surface area contributed by atoms with Crippen LogP contribution in [0.1, 0.15) is 18.0 Å². The molecule has 160 valence electrons. The highest BCUT2D eigenvalue weighted by Gasteiger charge is 2.24. The molecule has 2 N–H and O–H groups in total. The number of nitrogens with two attached hydrogens (primary N) is 1. The highest BCUT2D eigenvalue weighted by molar-refractivity contribution is 5.83. The molecular formula is C26H23N3O3. The Hall–Kier alpha value is -4.19. The van der Waals surface area contributed by atoms with E-state index in [4.69, 9.17) is 10.5 Å². The fourth-order valence-corrected chi connectivity index (χ4v) is 3.50. The molecular weight excluding hydrogens is 402 g/mol. The van der Waals surface area contributed by atoms with Crippen molar-refractivity contribution in [3.8, 4) is 22.3 Å². The van der Waals surface area contributed by atoms with Crippen LogP contribution in [0.5, 0.6) is 0 Å². The minimum atomic E-state index is -0.818. The summed E-state index contributed by atoms with van der Waals surface area (Å²) >= 11 is 0. The van der Waals surface area contributed by atoms with Gasteiger partial charge in [-0.3, -0.25) is 9.78 Å². The van der Waals surface area contributed by atoms with Gasteiger partial charge in [-0.1, -0.05) is 54.6 Å². The van der Waals surface area contributed by atoms with E-state index in [2.05, 4.69) is 4.98 Å². The molecule has 0 aliphatic rings. The van der Waals surface area contributed by atoms with Crippen LogP contribution in [0.25, 0.3) is 22.3 Å². The Labute approximate surface area is 186 Å². The van der Waals surface area contributed by atoms with Crippen molar-refractivity contribution in [3.63, 3.8) is 0 Å². The first kappa shape index (κ1) is 21.1.